The molecule has 2 rings (SSSR count). The van der Waals surface area contributed by atoms with E-state index in [1.54, 1.807) is 0 Å². The highest BCUT2D eigenvalue weighted by Crippen LogP contribution is 2.32. The van der Waals surface area contributed by atoms with Crippen LogP contribution < -0.4 is 11.3 Å². The van der Waals surface area contributed by atoms with E-state index >= 15 is 0 Å². The number of rotatable bonds is 4. The Morgan fingerprint density at radius 1 is 1.41 bits per heavy atom. The van der Waals surface area contributed by atoms with Crippen molar-refractivity contribution >= 4 is 0 Å². The fourth-order valence-corrected chi connectivity index (χ4v) is 2.73. The molecule has 5 nitrogen and oxygen atoms in total. The highest BCUT2D eigenvalue weighted by Gasteiger charge is 2.38. The van der Waals surface area contributed by atoms with Crippen LogP contribution in [0.3, 0.4) is 0 Å². The van der Waals surface area contributed by atoms with Crippen molar-refractivity contribution in [3.63, 3.8) is 0 Å². The van der Waals surface area contributed by atoms with Crippen LogP contribution in [0.4, 0.5) is 0 Å². The second-order valence-electron chi connectivity index (χ2n) is 5.34. The van der Waals surface area contributed by atoms with Gasteiger partial charge in [0, 0.05) is 25.0 Å². The van der Waals surface area contributed by atoms with Gasteiger partial charge >= 0.3 is 0 Å². The van der Waals surface area contributed by atoms with Gasteiger partial charge in [0.15, 0.2) is 0 Å². The number of nitrogens with one attached hydrogen (secondary N) is 1. The van der Waals surface area contributed by atoms with E-state index in [-0.39, 0.29) is 11.6 Å². The average Bonchev–Trinajstić information content (AvgIpc) is 2.91. The predicted octanol–water partition coefficient (Wildman–Crippen LogP) is 0.799. The number of aryl methyl sites for hydroxylation is 1. The van der Waals surface area contributed by atoms with Crippen LogP contribution in [0, 0.1) is 0 Å². The van der Waals surface area contributed by atoms with Crippen LogP contribution in [0.1, 0.15) is 38.6 Å². The van der Waals surface area contributed by atoms with E-state index < -0.39 is 0 Å². The van der Waals surface area contributed by atoms with Gasteiger partial charge in [-0.15, -0.1) is 0 Å². The third-order valence-corrected chi connectivity index (χ3v) is 3.91. The third kappa shape index (κ3) is 2.22. The molecule has 1 saturated heterocycles. The molecule has 1 aliphatic heterocycles. The van der Waals surface area contributed by atoms with Crippen molar-refractivity contribution in [2.75, 3.05) is 13.1 Å². The Hall–Kier alpha value is -0.910. The van der Waals surface area contributed by atoms with Crippen LogP contribution in [-0.2, 0) is 7.05 Å². The molecule has 0 radical (unpaired) electrons. The summed E-state index contributed by atoms with van der Waals surface area (Å²) in [5, 5.41) is 0. The normalized spacial score (nSPS) is 19.8. The molecule has 0 bridgehead atoms. The Morgan fingerprint density at radius 2 is 2.06 bits per heavy atom. The van der Waals surface area contributed by atoms with Crippen molar-refractivity contribution in [1.29, 1.82) is 0 Å². The minimum atomic E-state index is -0.0234. The standard InChI is InChI=1S/C12H23N5/c1-12(2,17-7-4-5-8-17)10(15-13)11-14-6-9-16(11)3/h6,9-10,15H,4-5,7-8,13H2,1-3H3. The molecule has 1 atom stereocenters. The molecule has 1 fully saturated rings. The van der Waals surface area contributed by atoms with Crippen LogP contribution in [0.5, 0.6) is 0 Å². The zero-order valence-electron chi connectivity index (χ0n) is 11.0. The molecule has 2 heterocycles. The summed E-state index contributed by atoms with van der Waals surface area (Å²) < 4.78 is 2.03. The summed E-state index contributed by atoms with van der Waals surface area (Å²) in [7, 11) is 2.01. The molecule has 1 unspecified atom stereocenters. The largest absolute Gasteiger partial charge is 0.337 e. The van der Waals surface area contributed by atoms with Gasteiger partial charge in [0.2, 0.25) is 0 Å². The second kappa shape index (κ2) is 4.76. The minimum Gasteiger partial charge on any atom is -0.337 e. The number of nitrogens with two attached hydrogens (primary N) is 1. The molecule has 3 N–H and O–H groups in total. The molecular formula is C12H23N5. The summed E-state index contributed by atoms with van der Waals surface area (Å²) in [6, 6.07) is 0.0422. The number of hydrogen-bond donors (Lipinski definition) is 2. The van der Waals surface area contributed by atoms with E-state index in [0.29, 0.717) is 0 Å². The number of aromatic nitrogens is 2. The Morgan fingerprint density at radius 3 is 2.53 bits per heavy atom. The van der Waals surface area contributed by atoms with Crippen LogP contribution in [-0.4, -0.2) is 33.1 Å². The monoisotopic (exact) mass is 237 g/mol. The highest BCUT2D eigenvalue weighted by atomic mass is 15.3. The van der Waals surface area contributed by atoms with E-state index in [4.69, 9.17) is 5.84 Å². The highest BCUT2D eigenvalue weighted by molar-refractivity contribution is 5.08. The van der Waals surface area contributed by atoms with Crippen molar-refractivity contribution in [2.24, 2.45) is 12.9 Å². The van der Waals surface area contributed by atoms with Crippen LogP contribution in [0.15, 0.2) is 12.4 Å². The van der Waals surface area contributed by atoms with Gasteiger partial charge in [-0.3, -0.25) is 10.7 Å². The molecule has 1 aromatic rings. The van der Waals surface area contributed by atoms with Gasteiger partial charge in [0.05, 0.1) is 6.04 Å². The van der Waals surface area contributed by atoms with Gasteiger partial charge in [-0.2, -0.15) is 0 Å². The summed E-state index contributed by atoms with van der Waals surface area (Å²) in [6.07, 6.45) is 6.34. The van der Waals surface area contributed by atoms with E-state index in [1.807, 2.05) is 24.0 Å². The maximum Gasteiger partial charge on any atom is 0.128 e. The molecule has 0 aliphatic carbocycles. The number of hydrogen-bond acceptors (Lipinski definition) is 4. The predicted molar refractivity (Wildman–Crippen MR) is 68.2 cm³/mol. The third-order valence-electron chi connectivity index (χ3n) is 3.91. The molecule has 1 aliphatic rings. The molecule has 1 aromatic heterocycles. The topological polar surface area (TPSA) is 59.1 Å². The molecule has 96 valence electrons. The Balaban J connectivity index is 2.25. The van der Waals surface area contributed by atoms with Crippen molar-refractivity contribution < 1.29 is 0 Å². The average molecular weight is 237 g/mol. The summed E-state index contributed by atoms with van der Waals surface area (Å²) in [4.78, 5) is 6.91. The molecule has 17 heavy (non-hydrogen) atoms. The zero-order valence-corrected chi connectivity index (χ0v) is 11.0. The molecule has 0 amide bonds. The maximum absolute atomic E-state index is 5.76. The van der Waals surface area contributed by atoms with Crippen molar-refractivity contribution in [3.05, 3.63) is 18.2 Å². The van der Waals surface area contributed by atoms with E-state index in [0.717, 1.165) is 18.9 Å². The molecule has 5 heteroatoms. The summed E-state index contributed by atoms with van der Waals surface area (Å²) in [5.74, 6) is 6.75. The maximum atomic E-state index is 5.76. The first-order chi connectivity index (χ1) is 8.07. The Kier molecular flexibility index (Phi) is 3.51. The van der Waals surface area contributed by atoms with Gasteiger partial charge in [-0.05, 0) is 39.8 Å². The summed E-state index contributed by atoms with van der Waals surface area (Å²) in [6.45, 7) is 6.76. The first-order valence-corrected chi connectivity index (χ1v) is 6.25. The van der Waals surface area contributed by atoms with Crippen LogP contribution >= 0.6 is 0 Å². The zero-order chi connectivity index (χ0) is 12.5. The van der Waals surface area contributed by atoms with Crippen molar-refractivity contribution in [3.8, 4) is 0 Å². The lowest BCUT2D eigenvalue weighted by Gasteiger charge is -2.41. The number of imidazole rings is 1. The number of nitrogens with zero attached hydrogens (tertiary/aromatic N) is 3. The van der Waals surface area contributed by atoms with Gasteiger partial charge in [-0.25, -0.2) is 10.4 Å². The van der Waals surface area contributed by atoms with E-state index in [9.17, 15) is 0 Å². The number of hydrazine groups is 1. The lowest BCUT2D eigenvalue weighted by atomic mass is 9.92. The molecular weight excluding hydrogens is 214 g/mol. The van der Waals surface area contributed by atoms with Crippen molar-refractivity contribution in [1.82, 2.24) is 19.9 Å². The summed E-state index contributed by atoms with van der Waals surface area (Å²) in [5.41, 5.74) is 2.91. The molecule has 0 aromatic carbocycles. The van der Waals surface area contributed by atoms with Gasteiger partial charge in [-0.1, -0.05) is 0 Å². The van der Waals surface area contributed by atoms with Crippen molar-refractivity contribution in [2.45, 2.75) is 38.3 Å². The SMILES string of the molecule is Cn1ccnc1C(NN)C(C)(C)N1CCCC1. The lowest BCUT2D eigenvalue weighted by molar-refractivity contribution is 0.102. The van der Waals surface area contributed by atoms with E-state index in [2.05, 4.69) is 29.2 Å². The molecule has 0 saturated carbocycles. The molecule has 0 spiro atoms. The van der Waals surface area contributed by atoms with E-state index in [1.165, 1.54) is 12.8 Å². The Labute approximate surface area is 103 Å². The fraction of sp³-hybridized carbons (Fsp3) is 0.750. The first kappa shape index (κ1) is 12.5. The fourth-order valence-electron chi connectivity index (χ4n) is 2.73. The minimum absolute atomic E-state index is 0.0234. The van der Waals surface area contributed by atoms with Crippen LogP contribution in [0.25, 0.3) is 0 Å². The van der Waals surface area contributed by atoms with Crippen LogP contribution in [0.2, 0.25) is 0 Å². The van der Waals surface area contributed by atoms with Gasteiger partial charge in [0.25, 0.3) is 0 Å². The lowest BCUT2D eigenvalue weighted by Crippen LogP contribution is -2.53. The quantitative estimate of drug-likeness (QED) is 0.601. The Bertz CT molecular complexity index is 365. The van der Waals surface area contributed by atoms with Gasteiger partial charge < -0.3 is 4.57 Å². The smallest absolute Gasteiger partial charge is 0.128 e. The summed E-state index contributed by atoms with van der Waals surface area (Å²) >= 11 is 0. The second-order valence-corrected chi connectivity index (χ2v) is 5.34. The number of likely N-dealkylation sites (tertiary alicyclic amines) is 1. The van der Waals surface area contributed by atoms with Gasteiger partial charge in [0.1, 0.15) is 5.82 Å². The first-order valence-electron chi connectivity index (χ1n) is 6.25.